The predicted octanol–water partition coefficient (Wildman–Crippen LogP) is 6.11. The third-order valence-corrected chi connectivity index (χ3v) is 5.60. The summed E-state index contributed by atoms with van der Waals surface area (Å²) in [5.41, 5.74) is 4.45. The van der Waals surface area contributed by atoms with Gasteiger partial charge in [0.05, 0.1) is 17.0 Å². The summed E-state index contributed by atoms with van der Waals surface area (Å²) in [5, 5.41) is 16.6. The average Bonchev–Trinajstić information content (AvgIpc) is 3.18. The van der Waals surface area contributed by atoms with Crippen LogP contribution in [0.1, 0.15) is 21.9 Å². The lowest BCUT2D eigenvalue weighted by atomic mass is 10.1. The summed E-state index contributed by atoms with van der Waals surface area (Å²) in [4.78, 5) is 13.0. The second-order valence-corrected chi connectivity index (χ2v) is 8.17. The molecular weight excluding hydrogens is 450 g/mol. The highest BCUT2D eigenvalue weighted by Crippen LogP contribution is 2.29. The van der Waals surface area contributed by atoms with Gasteiger partial charge in [0.2, 0.25) is 0 Å². The Labute approximate surface area is 201 Å². The molecule has 0 radical (unpaired) electrons. The van der Waals surface area contributed by atoms with Crippen molar-refractivity contribution < 1.29 is 9.53 Å². The molecule has 7 nitrogen and oxygen atoms in total. The van der Waals surface area contributed by atoms with E-state index < -0.39 is 0 Å². The van der Waals surface area contributed by atoms with Crippen LogP contribution in [-0.4, -0.2) is 25.7 Å². The highest BCUT2D eigenvalue weighted by molar-refractivity contribution is 6.30. The van der Waals surface area contributed by atoms with Crippen molar-refractivity contribution >= 4 is 28.8 Å². The van der Waals surface area contributed by atoms with Gasteiger partial charge in [-0.1, -0.05) is 41.9 Å². The summed E-state index contributed by atoms with van der Waals surface area (Å²) in [7, 11) is 0. The molecule has 2 heterocycles. The van der Waals surface area contributed by atoms with Crippen molar-refractivity contribution in [1.82, 2.24) is 19.8 Å². The SMILES string of the molecule is Cc1nn2c(C)c(C(=O)Nc3ccc(Oc4ccccc4)cc3)nnc2c1-c1cccc(Cl)c1. The molecule has 8 heteroatoms. The molecule has 0 unspecified atom stereocenters. The maximum atomic E-state index is 13.0. The first kappa shape index (κ1) is 21.6. The van der Waals surface area contributed by atoms with Gasteiger partial charge in [0.1, 0.15) is 11.5 Å². The Hall–Kier alpha value is -4.23. The smallest absolute Gasteiger partial charge is 0.278 e. The molecule has 34 heavy (non-hydrogen) atoms. The molecule has 0 aliphatic carbocycles. The standard InChI is InChI=1S/C26H20ClN5O2/c1-16-23(18-7-6-8-19(27)15-18)25-30-29-24(17(2)32(25)31-16)26(33)28-20-11-13-22(14-12-20)34-21-9-4-3-5-10-21/h3-15H,1-2H3,(H,28,33). The molecule has 1 amide bonds. The van der Waals surface area contributed by atoms with Gasteiger partial charge >= 0.3 is 0 Å². The summed E-state index contributed by atoms with van der Waals surface area (Å²) in [6.07, 6.45) is 0. The first-order valence-corrected chi connectivity index (χ1v) is 11.0. The van der Waals surface area contributed by atoms with E-state index in [9.17, 15) is 4.79 Å². The second kappa shape index (κ2) is 8.96. The maximum absolute atomic E-state index is 13.0. The van der Waals surface area contributed by atoms with Crippen LogP contribution in [-0.2, 0) is 0 Å². The highest BCUT2D eigenvalue weighted by Gasteiger charge is 2.20. The molecule has 0 fully saturated rings. The maximum Gasteiger partial charge on any atom is 0.278 e. The molecule has 0 aliphatic heterocycles. The number of halogens is 1. The van der Waals surface area contributed by atoms with E-state index >= 15 is 0 Å². The van der Waals surface area contributed by atoms with E-state index in [0.29, 0.717) is 27.8 Å². The topological polar surface area (TPSA) is 81.4 Å². The fourth-order valence-corrected chi connectivity index (χ4v) is 3.91. The molecule has 0 atom stereocenters. The third kappa shape index (κ3) is 4.21. The normalized spacial score (nSPS) is 10.9. The molecule has 5 rings (SSSR count). The lowest BCUT2D eigenvalue weighted by molar-refractivity contribution is 0.102. The largest absolute Gasteiger partial charge is 0.457 e. The van der Waals surface area contributed by atoms with Crippen LogP contribution in [0.15, 0.2) is 78.9 Å². The van der Waals surface area contributed by atoms with Crippen LogP contribution in [0.4, 0.5) is 5.69 Å². The lowest BCUT2D eigenvalue weighted by Crippen LogP contribution is -2.18. The Morgan fingerprint density at radius 1 is 0.912 bits per heavy atom. The number of amides is 1. The van der Waals surface area contributed by atoms with E-state index in [1.807, 2.05) is 61.5 Å². The number of nitrogens with one attached hydrogen (secondary N) is 1. The van der Waals surface area contributed by atoms with Crippen molar-refractivity contribution in [3.05, 3.63) is 101 Å². The van der Waals surface area contributed by atoms with E-state index in [1.165, 1.54) is 0 Å². The number of fused-ring (bicyclic) bond motifs is 1. The molecule has 0 saturated heterocycles. The van der Waals surface area contributed by atoms with Gasteiger partial charge in [-0.25, -0.2) is 4.52 Å². The van der Waals surface area contributed by atoms with Crippen molar-refractivity contribution in [2.75, 3.05) is 5.32 Å². The van der Waals surface area contributed by atoms with Gasteiger partial charge < -0.3 is 10.1 Å². The predicted molar refractivity (Wildman–Crippen MR) is 132 cm³/mol. The molecule has 2 aromatic heterocycles. The quantitative estimate of drug-likeness (QED) is 0.336. The number of para-hydroxylation sites is 1. The van der Waals surface area contributed by atoms with Gasteiger partial charge in [0.25, 0.3) is 5.91 Å². The molecule has 3 aromatic carbocycles. The fraction of sp³-hybridized carbons (Fsp3) is 0.0769. The van der Waals surface area contributed by atoms with Gasteiger partial charge in [0.15, 0.2) is 11.3 Å². The van der Waals surface area contributed by atoms with Crippen LogP contribution in [0.25, 0.3) is 16.8 Å². The lowest BCUT2D eigenvalue weighted by Gasteiger charge is -2.09. The summed E-state index contributed by atoms with van der Waals surface area (Å²) >= 11 is 6.17. The Morgan fingerprint density at radius 2 is 1.65 bits per heavy atom. The van der Waals surface area contributed by atoms with Crippen LogP contribution in [0.5, 0.6) is 11.5 Å². The van der Waals surface area contributed by atoms with E-state index in [0.717, 1.165) is 22.6 Å². The number of anilines is 1. The number of hydrogen-bond donors (Lipinski definition) is 1. The summed E-state index contributed by atoms with van der Waals surface area (Å²) in [5.74, 6) is 1.04. The minimum Gasteiger partial charge on any atom is -0.457 e. The molecule has 0 bridgehead atoms. The summed E-state index contributed by atoms with van der Waals surface area (Å²) in [6, 6.07) is 24.1. The number of nitrogens with zero attached hydrogens (tertiary/aromatic N) is 4. The number of benzene rings is 3. The molecule has 0 spiro atoms. The molecule has 168 valence electrons. The van der Waals surface area contributed by atoms with Gasteiger partial charge in [-0.15, -0.1) is 10.2 Å². The average molecular weight is 470 g/mol. The number of ether oxygens (including phenoxy) is 1. The van der Waals surface area contributed by atoms with Crippen LogP contribution >= 0.6 is 11.6 Å². The number of rotatable bonds is 5. The van der Waals surface area contributed by atoms with Crippen LogP contribution in [0.2, 0.25) is 5.02 Å². The zero-order valence-electron chi connectivity index (χ0n) is 18.5. The second-order valence-electron chi connectivity index (χ2n) is 7.73. The summed E-state index contributed by atoms with van der Waals surface area (Å²) in [6.45, 7) is 3.69. The number of hydrogen-bond acceptors (Lipinski definition) is 5. The van der Waals surface area contributed by atoms with E-state index in [1.54, 1.807) is 35.7 Å². The minimum absolute atomic E-state index is 0.192. The van der Waals surface area contributed by atoms with Crippen molar-refractivity contribution in [3.63, 3.8) is 0 Å². The first-order valence-electron chi connectivity index (χ1n) is 10.6. The van der Waals surface area contributed by atoms with Crippen molar-refractivity contribution in [1.29, 1.82) is 0 Å². The highest BCUT2D eigenvalue weighted by atomic mass is 35.5. The third-order valence-electron chi connectivity index (χ3n) is 5.36. The van der Waals surface area contributed by atoms with Crippen LogP contribution in [0.3, 0.4) is 0 Å². The Kier molecular flexibility index (Phi) is 5.69. The monoisotopic (exact) mass is 469 g/mol. The van der Waals surface area contributed by atoms with E-state index in [-0.39, 0.29) is 11.6 Å². The van der Waals surface area contributed by atoms with E-state index in [4.69, 9.17) is 16.3 Å². The van der Waals surface area contributed by atoms with Crippen molar-refractivity contribution in [2.45, 2.75) is 13.8 Å². The van der Waals surface area contributed by atoms with Crippen LogP contribution in [0, 0.1) is 13.8 Å². The molecule has 0 saturated carbocycles. The number of carbonyl (C=O) groups excluding carboxylic acids is 1. The molecule has 5 aromatic rings. The number of aromatic nitrogens is 4. The zero-order chi connectivity index (χ0) is 23.7. The number of aryl methyl sites for hydroxylation is 2. The zero-order valence-corrected chi connectivity index (χ0v) is 19.2. The van der Waals surface area contributed by atoms with Crippen LogP contribution < -0.4 is 10.1 Å². The van der Waals surface area contributed by atoms with Gasteiger partial charge in [-0.05, 0) is 67.9 Å². The molecule has 0 aliphatic rings. The minimum atomic E-state index is -0.374. The van der Waals surface area contributed by atoms with Gasteiger partial charge in [-0.2, -0.15) is 5.10 Å². The Balaban J connectivity index is 1.39. The van der Waals surface area contributed by atoms with Gasteiger partial charge in [0, 0.05) is 10.7 Å². The molecule has 1 N–H and O–H groups in total. The number of carbonyl (C=O) groups is 1. The summed E-state index contributed by atoms with van der Waals surface area (Å²) < 4.78 is 7.44. The Bertz CT molecular complexity index is 1500. The van der Waals surface area contributed by atoms with E-state index in [2.05, 4.69) is 20.6 Å². The van der Waals surface area contributed by atoms with Crippen molar-refractivity contribution in [2.24, 2.45) is 0 Å². The fourth-order valence-electron chi connectivity index (χ4n) is 3.72. The Morgan fingerprint density at radius 3 is 2.38 bits per heavy atom. The molecular formula is C26H20ClN5O2. The van der Waals surface area contributed by atoms with Crippen molar-refractivity contribution in [3.8, 4) is 22.6 Å². The van der Waals surface area contributed by atoms with Gasteiger partial charge in [-0.3, -0.25) is 4.79 Å². The first-order chi connectivity index (χ1) is 16.5.